The van der Waals surface area contributed by atoms with Gasteiger partial charge in [-0.15, -0.1) is 0 Å². The Morgan fingerprint density at radius 1 is 1.21 bits per heavy atom. The zero-order valence-electron chi connectivity index (χ0n) is 9.38. The second kappa shape index (κ2) is 5.53. The van der Waals surface area contributed by atoms with Gasteiger partial charge >= 0.3 is 0 Å². The fraction of sp³-hybridized carbons (Fsp3) is 0.500. The van der Waals surface area contributed by atoms with Crippen LogP contribution in [0.15, 0.2) is 24.3 Å². The first-order valence-electron chi connectivity index (χ1n) is 5.26. The highest BCUT2D eigenvalue weighted by molar-refractivity contribution is 5.69. The maximum Gasteiger partial charge on any atom is 0.0596 e. The molecule has 0 heterocycles. The molecule has 0 aliphatic rings. The molecule has 0 unspecified atom stereocenters. The number of benzene rings is 1. The minimum atomic E-state index is 1.06. The fourth-order valence-electron chi connectivity index (χ4n) is 1.41. The van der Waals surface area contributed by atoms with Crippen molar-refractivity contribution in [1.82, 2.24) is 0 Å². The highest BCUT2D eigenvalue weighted by Crippen LogP contribution is 2.23. The van der Waals surface area contributed by atoms with Crippen molar-refractivity contribution in [2.75, 3.05) is 30.9 Å². The molecular formula is C12H20N2. The van der Waals surface area contributed by atoms with E-state index in [0.29, 0.717) is 0 Å². The number of hydrogen-bond donors (Lipinski definition) is 1. The minimum absolute atomic E-state index is 1.06. The normalized spacial score (nSPS) is 9.93. The zero-order chi connectivity index (χ0) is 10.4. The SMILES string of the molecule is CCCCNc1ccccc1N(C)C. The number of nitrogens with zero attached hydrogens (tertiary/aromatic N) is 1. The van der Waals surface area contributed by atoms with Crippen LogP contribution < -0.4 is 10.2 Å². The van der Waals surface area contributed by atoms with Crippen molar-refractivity contribution >= 4 is 11.4 Å². The van der Waals surface area contributed by atoms with Crippen molar-refractivity contribution in [2.24, 2.45) is 0 Å². The van der Waals surface area contributed by atoms with E-state index in [2.05, 4.69) is 55.5 Å². The van der Waals surface area contributed by atoms with Gasteiger partial charge in [-0.05, 0) is 18.6 Å². The van der Waals surface area contributed by atoms with Crippen molar-refractivity contribution in [1.29, 1.82) is 0 Å². The maximum absolute atomic E-state index is 3.45. The van der Waals surface area contributed by atoms with Crippen LogP contribution in [0.25, 0.3) is 0 Å². The van der Waals surface area contributed by atoms with Crippen LogP contribution in [-0.2, 0) is 0 Å². The fourth-order valence-corrected chi connectivity index (χ4v) is 1.41. The van der Waals surface area contributed by atoms with Gasteiger partial charge in [0.25, 0.3) is 0 Å². The standard InChI is InChI=1S/C12H20N2/c1-4-5-10-13-11-8-6-7-9-12(11)14(2)3/h6-9,13H,4-5,10H2,1-3H3. The van der Waals surface area contributed by atoms with Crippen LogP contribution in [0.1, 0.15) is 19.8 Å². The summed E-state index contributed by atoms with van der Waals surface area (Å²) in [4.78, 5) is 2.13. The van der Waals surface area contributed by atoms with E-state index in [9.17, 15) is 0 Å². The first-order chi connectivity index (χ1) is 6.75. The van der Waals surface area contributed by atoms with Gasteiger partial charge in [-0.3, -0.25) is 0 Å². The van der Waals surface area contributed by atoms with Crippen LogP contribution in [0.2, 0.25) is 0 Å². The van der Waals surface area contributed by atoms with Crippen molar-refractivity contribution < 1.29 is 0 Å². The molecule has 14 heavy (non-hydrogen) atoms. The van der Waals surface area contributed by atoms with E-state index in [0.717, 1.165) is 6.54 Å². The average molecular weight is 192 g/mol. The van der Waals surface area contributed by atoms with Crippen molar-refractivity contribution in [3.63, 3.8) is 0 Å². The lowest BCUT2D eigenvalue weighted by Gasteiger charge is -2.18. The Labute approximate surface area is 86.9 Å². The first-order valence-corrected chi connectivity index (χ1v) is 5.26. The summed E-state index contributed by atoms with van der Waals surface area (Å²) >= 11 is 0. The largest absolute Gasteiger partial charge is 0.383 e. The summed E-state index contributed by atoms with van der Waals surface area (Å²) in [7, 11) is 4.14. The van der Waals surface area contributed by atoms with Crippen LogP contribution >= 0.6 is 0 Å². The number of para-hydroxylation sites is 2. The monoisotopic (exact) mass is 192 g/mol. The summed E-state index contributed by atoms with van der Waals surface area (Å²) in [6, 6.07) is 8.40. The molecule has 1 N–H and O–H groups in total. The van der Waals surface area contributed by atoms with E-state index in [1.54, 1.807) is 0 Å². The Bertz CT molecular complexity index is 269. The van der Waals surface area contributed by atoms with E-state index in [1.807, 2.05) is 0 Å². The quantitative estimate of drug-likeness (QED) is 0.721. The van der Waals surface area contributed by atoms with Crippen molar-refractivity contribution in [3.8, 4) is 0 Å². The second-order valence-electron chi connectivity index (χ2n) is 3.69. The third kappa shape index (κ3) is 2.95. The Morgan fingerprint density at radius 2 is 1.93 bits per heavy atom. The number of hydrogen-bond acceptors (Lipinski definition) is 2. The molecule has 1 rings (SSSR count). The van der Waals surface area contributed by atoms with E-state index < -0.39 is 0 Å². The van der Waals surface area contributed by atoms with Gasteiger partial charge in [-0.2, -0.15) is 0 Å². The summed E-state index contributed by atoms with van der Waals surface area (Å²) in [5.41, 5.74) is 2.48. The van der Waals surface area contributed by atoms with Crippen molar-refractivity contribution in [2.45, 2.75) is 19.8 Å². The lowest BCUT2D eigenvalue weighted by molar-refractivity contribution is 0.834. The molecule has 78 valence electrons. The molecule has 0 amide bonds. The van der Waals surface area contributed by atoms with Crippen LogP contribution in [0.5, 0.6) is 0 Å². The molecule has 0 radical (unpaired) electrons. The van der Waals surface area contributed by atoms with Gasteiger partial charge < -0.3 is 10.2 Å². The molecule has 0 saturated heterocycles. The molecule has 2 heteroatoms. The molecule has 1 aromatic carbocycles. The molecule has 0 aromatic heterocycles. The van der Waals surface area contributed by atoms with E-state index >= 15 is 0 Å². The summed E-state index contributed by atoms with van der Waals surface area (Å²) in [5.74, 6) is 0. The second-order valence-corrected chi connectivity index (χ2v) is 3.69. The van der Waals surface area contributed by atoms with Gasteiger partial charge in [0.05, 0.1) is 11.4 Å². The van der Waals surface area contributed by atoms with Crippen LogP contribution in [0.4, 0.5) is 11.4 Å². The minimum Gasteiger partial charge on any atom is -0.383 e. The van der Waals surface area contributed by atoms with Gasteiger partial charge in [-0.25, -0.2) is 0 Å². The number of unbranched alkanes of at least 4 members (excludes halogenated alkanes) is 1. The summed E-state index contributed by atoms with van der Waals surface area (Å²) in [5, 5.41) is 3.45. The van der Waals surface area contributed by atoms with E-state index in [1.165, 1.54) is 24.2 Å². The topological polar surface area (TPSA) is 15.3 Å². The van der Waals surface area contributed by atoms with Crippen LogP contribution in [-0.4, -0.2) is 20.6 Å². The van der Waals surface area contributed by atoms with E-state index in [4.69, 9.17) is 0 Å². The van der Waals surface area contributed by atoms with Gasteiger partial charge in [0, 0.05) is 20.6 Å². The summed E-state index contributed by atoms with van der Waals surface area (Å²) in [6.45, 7) is 3.26. The lowest BCUT2D eigenvalue weighted by atomic mass is 10.2. The highest BCUT2D eigenvalue weighted by atomic mass is 15.1. The Hall–Kier alpha value is -1.18. The maximum atomic E-state index is 3.45. The lowest BCUT2D eigenvalue weighted by Crippen LogP contribution is -2.12. The number of nitrogens with one attached hydrogen (secondary N) is 1. The van der Waals surface area contributed by atoms with E-state index in [-0.39, 0.29) is 0 Å². The van der Waals surface area contributed by atoms with Crippen LogP contribution in [0, 0.1) is 0 Å². The molecule has 0 atom stereocenters. The molecule has 0 fully saturated rings. The molecular weight excluding hydrogens is 172 g/mol. The Kier molecular flexibility index (Phi) is 4.30. The van der Waals surface area contributed by atoms with Gasteiger partial charge in [0.2, 0.25) is 0 Å². The molecule has 0 bridgehead atoms. The molecule has 0 spiro atoms. The molecule has 1 aromatic rings. The Morgan fingerprint density at radius 3 is 2.57 bits per heavy atom. The molecule has 2 nitrogen and oxygen atoms in total. The van der Waals surface area contributed by atoms with Gasteiger partial charge in [-0.1, -0.05) is 25.5 Å². The number of anilines is 2. The predicted molar refractivity (Wildman–Crippen MR) is 64.2 cm³/mol. The van der Waals surface area contributed by atoms with Gasteiger partial charge in [0.1, 0.15) is 0 Å². The number of rotatable bonds is 5. The molecule has 0 aliphatic carbocycles. The zero-order valence-corrected chi connectivity index (χ0v) is 9.38. The third-order valence-electron chi connectivity index (χ3n) is 2.23. The van der Waals surface area contributed by atoms with Gasteiger partial charge in [0.15, 0.2) is 0 Å². The third-order valence-corrected chi connectivity index (χ3v) is 2.23. The average Bonchev–Trinajstić information content (AvgIpc) is 2.19. The smallest absolute Gasteiger partial charge is 0.0596 e. The van der Waals surface area contributed by atoms with Crippen LogP contribution in [0.3, 0.4) is 0 Å². The first kappa shape index (κ1) is 10.9. The summed E-state index contributed by atoms with van der Waals surface area (Å²) in [6.07, 6.45) is 2.46. The summed E-state index contributed by atoms with van der Waals surface area (Å²) < 4.78 is 0. The molecule has 0 aliphatic heterocycles. The van der Waals surface area contributed by atoms with Crippen molar-refractivity contribution in [3.05, 3.63) is 24.3 Å². The highest BCUT2D eigenvalue weighted by Gasteiger charge is 2.01. The predicted octanol–water partition coefficient (Wildman–Crippen LogP) is 2.96. The molecule has 0 saturated carbocycles. The Balaban J connectivity index is 2.64.